The number of nitrogens with zero attached hydrogens (tertiary/aromatic N) is 1. The van der Waals surface area contributed by atoms with Crippen molar-refractivity contribution in [3.8, 4) is 0 Å². The summed E-state index contributed by atoms with van der Waals surface area (Å²) in [6.07, 6.45) is 1.73. The number of aliphatic carboxylic acids is 1. The number of para-hydroxylation sites is 1. The predicted octanol–water partition coefficient (Wildman–Crippen LogP) is 2.55. The molecule has 0 saturated carbocycles. The van der Waals surface area contributed by atoms with E-state index < -0.39 is 5.97 Å². The summed E-state index contributed by atoms with van der Waals surface area (Å²) in [4.78, 5) is 16.1. The van der Waals surface area contributed by atoms with Crippen molar-refractivity contribution in [1.29, 1.82) is 0 Å². The largest absolute Gasteiger partial charge is 0.480 e. The maximum absolute atomic E-state index is 10.9. The number of benzene rings is 1. The highest BCUT2D eigenvalue weighted by Gasteiger charge is 2.14. The summed E-state index contributed by atoms with van der Waals surface area (Å²) in [6, 6.07) is 8.07. The van der Waals surface area contributed by atoms with Gasteiger partial charge in [0, 0.05) is 29.7 Å². The number of H-pyrrole nitrogens is 1. The second-order valence-electron chi connectivity index (χ2n) is 4.63. The first-order chi connectivity index (χ1) is 9.11. The maximum atomic E-state index is 10.9. The first kappa shape index (κ1) is 13.4. The lowest BCUT2D eigenvalue weighted by molar-refractivity contribution is -0.138. The minimum absolute atomic E-state index is 0.0188. The van der Waals surface area contributed by atoms with Crippen molar-refractivity contribution in [3.63, 3.8) is 0 Å². The van der Waals surface area contributed by atoms with Crippen LogP contribution in [0.15, 0.2) is 36.9 Å². The number of hydrogen-bond donors (Lipinski definition) is 2. The topological polar surface area (TPSA) is 56.3 Å². The van der Waals surface area contributed by atoms with Crippen LogP contribution in [0.1, 0.15) is 11.3 Å². The van der Waals surface area contributed by atoms with Gasteiger partial charge in [0.2, 0.25) is 0 Å². The molecule has 1 heterocycles. The second kappa shape index (κ2) is 5.71. The van der Waals surface area contributed by atoms with Crippen molar-refractivity contribution in [1.82, 2.24) is 9.88 Å². The Kier molecular flexibility index (Phi) is 4.02. The van der Waals surface area contributed by atoms with E-state index in [-0.39, 0.29) is 6.54 Å². The van der Waals surface area contributed by atoms with Crippen LogP contribution in [0.5, 0.6) is 0 Å². The molecule has 1 aromatic heterocycles. The molecule has 4 heteroatoms. The number of aromatic amines is 1. The molecule has 0 aliphatic carbocycles. The zero-order valence-electron chi connectivity index (χ0n) is 11.0. The normalized spacial score (nSPS) is 11.1. The number of fused-ring (bicyclic) bond motifs is 1. The summed E-state index contributed by atoms with van der Waals surface area (Å²) in [5.41, 5.74) is 3.32. The quantitative estimate of drug-likeness (QED) is 0.783. The molecule has 0 spiro atoms. The zero-order chi connectivity index (χ0) is 13.8. The third kappa shape index (κ3) is 3.03. The molecule has 0 unspecified atom stereocenters. The van der Waals surface area contributed by atoms with Gasteiger partial charge in [-0.25, -0.2) is 0 Å². The van der Waals surface area contributed by atoms with Gasteiger partial charge in [-0.1, -0.05) is 24.3 Å². The Morgan fingerprint density at radius 1 is 1.47 bits per heavy atom. The van der Waals surface area contributed by atoms with E-state index >= 15 is 0 Å². The Morgan fingerprint density at radius 3 is 2.89 bits per heavy atom. The van der Waals surface area contributed by atoms with Crippen LogP contribution in [0.2, 0.25) is 0 Å². The van der Waals surface area contributed by atoms with E-state index in [9.17, 15) is 4.79 Å². The molecule has 0 bridgehead atoms. The van der Waals surface area contributed by atoms with Crippen LogP contribution in [0.4, 0.5) is 0 Å². The zero-order valence-corrected chi connectivity index (χ0v) is 11.0. The van der Waals surface area contributed by atoms with Gasteiger partial charge < -0.3 is 10.1 Å². The van der Waals surface area contributed by atoms with Crippen LogP contribution >= 0.6 is 0 Å². The van der Waals surface area contributed by atoms with Crippen molar-refractivity contribution >= 4 is 16.9 Å². The van der Waals surface area contributed by atoms with Crippen LogP contribution in [0.25, 0.3) is 10.9 Å². The van der Waals surface area contributed by atoms with E-state index in [1.807, 2.05) is 30.0 Å². The number of carboxylic acid groups (broad SMARTS) is 1. The predicted molar refractivity (Wildman–Crippen MR) is 76.1 cm³/mol. The summed E-state index contributed by atoms with van der Waals surface area (Å²) in [5.74, 6) is -0.820. The van der Waals surface area contributed by atoms with Gasteiger partial charge >= 0.3 is 5.97 Å². The van der Waals surface area contributed by atoms with E-state index in [0.717, 1.165) is 22.2 Å². The van der Waals surface area contributed by atoms with Gasteiger partial charge in [0.1, 0.15) is 0 Å². The highest BCUT2D eigenvalue weighted by Crippen LogP contribution is 2.23. The second-order valence-corrected chi connectivity index (χ2v) is 4.63. The van der Waals surface area contributed by atoms with Gasteiger partial charge in [0.05, 0.1) is 6.54 Å². The molecular weight excluding hydrogens is 240 g/mol. The number of rotatable bonds is 6. The van der Waals surface area contributed by atoms with Gasteiger partial charge in [-0.3, -0.25) is 9.69 Å². The first-order valence-electron chi connectivity index (χ1n) is 6.23. The van der Waals surface area contributed by atoms with Crippen LogP contribution < -0.4 is 0 Å². The number of carboxylic acids is 1. The van der Waals surface area contributed by atoms with Crippen molar-refractivity contribution < 1.29 is 9.90 Å². The Hall–Kier alpha value is -2.07. The fourth-order valence-electron chi connectivity index (χ4n) is 2.32. The summed E-state index contributed by atoms with van der Waals surface area (Å²) >= 11 is 0. The lowest BCUT2D eigenvalue weighted by Crippen LogP contribution is -2.29. The smallest absolute Gasteiger partial charge is 0.317 e. The number of hydrogen-bond acceptors (Lipinski definition) is 2. The average Bonchev–Trinajstić information content (AvgIpc) is 2.66. The third-order valence-electron chi connectivity index (χ3n) is 3.15. The van der Waals surface area contributed by atoms with Gasteiger partial charge in [0.25, 0.3) is 0 Å². The average molecular weight is 258 g/mol. The van der Waals surface area contributed by atoms with Crippen molar-refractivity contribution in [2.45, 2.75) is 13.5 Å². The van der Waals surface area contributed by atoms with Gasteiger partial charge in [0.15, 0.2) is 0 Å². The molecular formula is C15H18N2O2. The Balaban J connectivity index is 2.30. The Labute approximate surface area is 112 Å². The van der Waals surface area contributed by atoms with E-state index in [2.05, 4.69) is 17.6 Å². The lowest BCUT2D eigenvalue weighted by atomic mass is 10.1. The minimum atomic E-state index is -0.820. The van der Waals surface area contributed by atoms with Crippen LogP contribution in [-0.4, -0.2) is 34.0 Å². The highest BCUT2D eigenvalue weighted by molar-refractivity contribution is 5.84. The van der Waals surface area contributed by atoms with Gasteiger partial charge in [-0.05, 0) is 18.6 Å². The molecule has 0 aliphatic rings. The molecule has 19 heavy (non-hydrogen) atoms. The summed E-state index contributed by atoms with van der Waals surface area (Å²) in [5, 5.41) is 10.1. The third-order valence-corrected chi connectivity index (χ3v) is 3.15. The molecule has 100 valence electrons. The summed E-state index contributed by atoms with van der Waals surface area (Å²) in [6.45, 7) is 6.88. The highest BCUT2D eigenvalue weighted by atomic mass is 16.4. The molecule has 2 rings (SSSR count). The number of aryl methyl sites for hydroxylation is 1. The molecule has 0 atom stereocenters. The number of carbonyl (C=O) groups is 1. The SMILES string of the molecule is C=CCN(CC(=O)O)Cc1c(C)[nH]c2ccccc12. The molecule has 2 aromatic rings. The molecule has 0 aliphatic heterocycles. The Morgan fingerprint density at radius 2 is 2.21 bits per heavy atom. The standard InChI is InChI=1S/C15H18N2O2/c1-3-8-17(10-15(18)19)9-13-11(2)16-14-7-5-4-6-12(13)14/h3-7,16H,1,8-10H2,2H3,(H,18,19). The fraction of sp³-hybridized carbons (Fsp3) is 0.267. The number of aromatic nitrogens is 1. The van der Waals surface area contributed by atoms with Crippen molar-refractivity contribution in [2.24, 2.45) is 0 Å². The monoisotopic (exact) mass is 258 g/mol. The molecule has 0 radical (unpaired) electrons. The van der Waals surface area contributed by atoms with Gasteiger partial charge in [-0.2, -0.15) is 0 Å². The van der Waals surface area contributed by atoms with E-state index in [1.54, 1.807) is 6.08 Å². The van der Waals surface area contributed by atoms with E-state index in [1.165, 1.54) is 0 Å². The first-order valence-corrected chi connectivity index (χ1v) is 6.23. The molecule has 0 amide bonds. The molecule has 4 nitrogen and oxygen atoms in total. The van der Waals surface area contributed by atoms with Crippen molar-refractivity contribution in [3.05, 3.63) is 48.2 Å². The lowest BCUT2D eigenvalue weighted by Gasteiger charge is -2.18. The van der Waals surface area contributed by atoms with Crippen LogP contribution in [0, 0.1) is 6.92 Å². The summed E-state index contributed by atoms with van der Waals surface area (Å²) in [7, 11) is 0. The molecule has 0 saturated heterocycles. The molecule has 0 fully saturated rings. The number of nitrogens with one attached hydrogen (secondary N) is 1. The van der Waals surface area contributed by atoms with Gasteiger partial charge in [-0.15, -0.1) is 6.58 Å². The Bertz CT molecular complexity index is 601. The van der Waals surface area contributed by atoms with E-state index in [0.29, 0.717) is 13.1 Å². The molecule has 2 N–H and O–H groups in total. The van der Waals surface area contributed by atoms with Crippen molar-refractivity contribution in [2.75, 3.05) is 13.1 Å². The molecule has 1 aromatic carbocycles. The maximum Gasteiger partial charge on any atom is 0.317 e. The van der Waals surface area contributed by atoms with Crippen LogP contribution in [0.3, 0.4) is 0 Å². The van der Waals surface area contributed by atoms with E-state index in [4.69, 9.17) is 5.11 Å². The fourth-order valence-corrected chi connectivity index (χ4v) is 2.32. The summed E-state index contributed by atoms with van der Waals surface area (Å²) < 4.78 is 0. The van der Waals surface area contributed by atoms with Crippen LogP contribution in [-0.2, 0) is 11.3 Å². The minimum Gasteiger partial charge on any atom is -0.480 e.